The van der Waals surface area contributed by atoms with Crippen LogP contribution in [-0.2, 0) is 0 Å². The predicted octanol–water partition coefficient (Wildman–Crippen LogP) is 1.95. The maximum Gasteiger partial charge on any atom is 0.120 e. The summed E-state index contributed by atoms with van der Waals surface area (Å²) in [6, 6.07) is 4.22. The highest BCUT2D eigenvalue weighted by molar-refractivity contribution is 5.02. The van der Waals surface area contributed by atoms with Crippen LogP contribution in [-0.4, -0.2) is 6.54 Å². The van der Waals surface area contributed by atoms with E-state index in [-0.39, 0.29) is 0 Å². The minimum Gasteiger partial charge on any atom is -0.468 e. The number of hydrogen-bond acceptors (Lipinski definition) is 2. The third-order valence-corrected chi connectivity index (χ3v) is 1.48. The molecule has 0 radical (unpaired) electrons. The Hall–Kier alpha value is -0.760. The maximum absolute atomic E-state index is 5.19. The Labute approximate surface area is 61.2 Å². The van der Waals surface area contributed by atoms with Crippen LogP contribution >= 0.6 is 0 Å². The standard InChI is InChI=1S/C8H13NO/c1-3-9-7(2)8-5-4-6-10-8/h4-7,9H,3H2,1-2H3. The lowest BCUT2D eigenvalue weighted by Gasteiger charge is -2.07. The molecular weight excluding hydrogens is 126 g/mol. The van der Waals surface area contributed by atoms with Crippen LogP contribution < -0.4 is 5.32 Å². The minimum atomic E-state index is 0.333. The van der Waals surface area contributed by atoms with Crippen LogP contribution in [0.3, 0.4) is 0 Å². The zero-order valence-corrected chi connectivity index (χ0v) is 6.42. The van der Waals surface area contributed by atoms with E-state index < -0.39 is 0 Å². The van der Waals surface area contributed by atoms with Gasteiger partial charge in [-0.2, -0.15) is 0 Å². The highest BCUT2D eigenvalue weighted by atomic mass is 16.3. The Balaban J connectivity index is 2.50. The van der Waals surface area contributed by atoms with Gasteiger partial charge < -0.3 is 9.73 Å². The summed E-state index contributed by atoms with van der Waals surface area (Å²) < 4.78 is 5.19. The molecule has 0 aliphatic carbocycles. The van der Waals surface area contributed by atoms with Crippen molar-refractivity contribution in [1.82, 2.24) is 5.32 Å². The minimum absolute atomic E-state index is 0.333. The Morgan fingerprint density at radius 2 is 2.50 bits per heavy atom. The molecule has 1 rings (SSSR count). The Bertz CT molecular complexity index is 169. The van der Waals surface area contributed by atoms with Crippen molar-refractivity contribution in [3.8, 4) is 0 Å². The van der Waals surface area contributed by atoms with E-state index in [0.29, 0.717) is 6.04 Å². The van der Waals surface area contributed by atoms with Crippen LogP contribution in [0.2, 0.25) is 0 Å². The zero-order valence-electron chi connectivity index (χ0n) is 6.42. The summed E-state index contributed by atoms with van der Waals surface area (Å²) in [5, 5.41) is 3.25. The van der Waals surface area contributed by atoms with E-state index in [1.165, 1.54) is 0 Å². The fourth-order valence-electron chi connectivity index (χ4n) is 0.944. The molecule has 0 aromatic carbocycles. The van der Waals surface area contributed by atoms with Gasteiger partial charge in [0.05, 0.1) is 12.3 Å². The first-order valence-electron chi connectivity index (χ1n) is 3.61. The third kappa shape index (κ3) is 1.61. The van der Waals surface area contributed by atoms with E-state index in [0.717, 1.165) is 12.3 Å². The van der Waals surface area contributed by atoms with Crippen LogP contribution in [0.4, 0.5) is 0 Å². The van der Waals surface area contributed by atoms with Gasteiger partial charge in [-0.15, -0.1) is 0 Å². The molecule has 0 saturated heterocycles. The van der Waals surface area contributed by atoms with Crippen molar-refractivity contribution in [2.24, 2.45) is 0 Å². The van der Waals surface area contributed by atoms with E-state index in [1.54, 1.807) is 6.26 Å². The SMILES string of the molecule is CCNC(C)c1ccco1. The molecule has 56 valence electrons. The van der Waals surface area contributed by atoms with Crippen LogP contribution in [0.5, 0.6) is 0 Å². The predicted molar refractivity (Wildman–Crippen MR) is 40.8 cm³/mol. The van der Waals surface area contributed by atoms with Gasteiger partial charge in [-0.1, -0.05) is 6.92 Å². The van der Waals surface area contributed by atoms with Gasteiger partial charge in [0.15, 0.2) is 0 Å². The summed E-state index contributed by atoms with van der Waals surface area (Å²) in [7, 11) is 0. The summed E-state index contributed by atoms with van der Waals surface area (Å²) in [6.45, 7) is 5.14. The summed E-state index contributed by atoms with van der Waals surface area (Å²) in [5.41, 5.74) is 0. The van der Waals surface area contributed by atoms with Gasteiger partial charge in [0, 0.05) is 0 Å². The largest absolute Gasteiger partial charge is 0.468 e. The first-order valence-corrected chi connectivity index (χ1v) is 3.61. The Morgan fingerprint density at radius 1 is 1.70 bits per heavy atom. The lowest BCUT2D eigenvalue weighted by Crippen LogP contribution is -2.16. The molecule has 10 heavy (non-hydrogen) atoms. The van der Waals surface area contributed by atoms with Gasteiger partial charge in [-0.25, -0.2) is 0 Å². The van der Waals surface area contributed by atoms with Crippen molar-refractivity contribution >= 4 is 0 Å². The highest BCUT2D eigenvalue weighted by Crippen LogP contribution is 2.10. The van der Waals surface area contributed by atoms with Gasteiger partial charge in [-0.05, 0) is 25.6 Å². The third-order valence-electron chi connectivity index (χ3n) is 1.48. The van der Waals surface area contributed by atoms with Crippen LogP contribution in [0.1, 0.15) is 25.6 Å². The Morgan fingerprint density at radius 3 is 3.00 bits per heavy atom. The maximum atomic E-state index is 5.19. The highest BCUT2D eigenvalue weighted by Gasteiger charge is 2.03. The van der Waals surface area contributed by atoms with E-state index in [9.17, 15) is 0 Å². The van der Waals surface area contributed by atoms with Crippen LogP contribution in [0, 0.1) is 0 Å². The second-order valence-electron chi connectivity index (χ2n) is 2.29. The Kier molecular flexibility index (Phi) is 2.51. The fraction of sp³-hybridized carbons (Fsp3) is 0.500. The lowest BCUT2D eigenvalue weighted by molar-refractivity contribution is 0.437. The fourth-order valence-corrected chi connectivity index (χ4v) is 0.944. The van der Waals surface area contributed by atoms with E-state index >= 15 is 0 Å². The molecule has 2 heteroatoms. The average molecular weight is 139 g/mol. The van der Waals surface area contributed by atoms with Gasteiger partial charge in [0.1, 0.15) is 5.76 Å². The first kappa shape index (κ1) is 7.35. The first-order chi connectivity index (χ1) is 4.84. The quantitative estimate of drug-likeness (QED) is 0.692. The smallest absolute Gasteiger partial charge is 0.120 e. The summed E-state index contributed by atoms with van der Waals surface area (Å²) in [4.78, 5) is 0. The monoisotopic (exact) mass is 139 g/mol. The number of nitrogens with one attached hydrogen (secondary N) is 1. The number of hydrogen-bond donors (Lipinski definition) is 1. The second kappa shape index (κ2) is 3.42. The molecule has 0 fully saturated rings. The zero-order chi connectivity index (χ0) is 7.40. The molecule has 1 N–H and O–H groups in total. The summed E-state index contributed by atoms with van der Waals surface area (Å²) in [6.07, 6.45) is 1.70. The van der Waals surface area contributed by atoms with Crippen LogP contribution in [0.25, 0.3) is 0 Å². The average Bonchev–Trinajstić information content (AvgIpc) is 2.38. The van der Waals surface area contributed by atoms with Crippen molar-refractivity contribution in [2.75, 3.05) is 6.54 Å². The molecule has 0 amide bonds. The number of rotatable bonds is 3. The molecule has 1 unspecified atom stereocenters. The topological polar surface area (TPSA) is 25.2 Å². The van der Waals surface area contributed by atoms with E-state index in [1.807, 2.05) is 12.1 Å². The van der Waals surface area contributed by atoms with E-state index in [4.69, 9.17) is 4.42 Å². The molecule has 1 atom stereocenters. The molecule has 1 aromatic rings. The van der Waals surface area contributed by atoms with Crippen molar-refractivity contribution in [1.29, 1.82) is 0 Å². The van der Waals surface area contributed by atoms with Gasteiger partial charge in [0.2, 0.25) is 0 Å². The molecule has 0 aliphatic rings. The molecular formula is C8H13NO. The number of furan rings is 1. The second-order valence-corrected chi connectivity index (χ2v) is 2.29. The molecule has 1 heterocycles. The molecule has 0 aliphatic heterocycles. The van der Waals surface area contributed by atoms with Crippen molar-refractivity contribution in [3.05, 3.63) is 24.2 Å². The normalized spacial score (nSPS) is 13.4. The molecule has 2 nitrogen and oxygen atoms in total. The molecule has 0 spiro atoms. The van der Waals surface area contributed by atoms with Crippen molar-refractivity contribution in [2.45, 2.75) is 19.9 Å². The van der Waals surface area contributed by atoms with Crippen molar-refractivity contribution < 1.29 is 4.42 Å². The van der Waals surface area contributed by atoms with Gasteiger partial charge >= 0.3 is 0 Å². The molecule has 1 aromatic heterocycles. The van der Waals surface area contributed by atoms with Gasteiger partial charge in [-0.3, -0.25) is 0 Å². The molecule has 0 bridgehead atoms. The molecule has 0 saturated carbocycles. The summed E-state index contributed by atoms with van der Waals surface area (Å²) >= 11 is 0. The van der Waals surface area contributed by atoms with Crippen molar-refractivity contribution in [3.63, 3.8) is 0 Å². The van der Waals surface area contributed by atoms with E-state index in [2.05, 4.69) is 19.2 Å². The summed E-state index contributed by atoms with van der Waals surface area (Å²) in [5.74, 6) is 1.00. The van der Waals surface area contributed by atoms with Crippen LogP contribution in [0.15, 0.2) is 22.8 Å². The van der Waals surface area contributed by atoms with Gasteiger partial charge in [0.25, 0.3) is 0 Å². The lowest BCUT2D eigenvalue weighted by atomic mass is 10.2.